The Balaban J connectivity index is 1.46. The lowest BCUT2D eigenvalue weighted by molar-refractivity contribution is 0.144. The molecule has 3 aromatic heterocycles. The summed E-state index contributed by atoms with van der Waals surface area (Å²) in [5, 5.41) is 11.5. The van der Waals surface area contributed by atoms with Gasteiger partial charge in [-0.15, -0.1) is 0 Å². The van der Waals surface area contributed by atoms with Crippen molar-refractivity contribution in [1.29, 1.82) is 0 Å². The third-order valence-electron chi connectivity index (χ3n) is 6.42. The van der Waals surface area contributed by atoms with Gasteiger partial charge in [0, 0.05) is 67.3 Å². The van der Waals surface area contributed by atoms with Gasteiger partial charge in [0.05, 0.1) is 5.69 Å². The van der Waals surface area contributed by atoms with E-state index in [1.54, 1.807) is 17.3 Å². The molecule has 0 bridgehead atoms. The largest absolute Gasteiger partial charge is 0.465 e. The second-order valence-electron chi connectivity index (χ2n) is 8.10. The molecule has 148 valence electrons. The number of rotatable bonds is 2. The third-order valence-corrected chi connectivity index (χ3v) is 6.42. The van der Waals surface area contributed by atoms with E-state index in [0.29, 0.717) is 13.1 Å². The van der Waals surface area contributed by atoms with E-state index >= 15 is 0 Å². The summed E-state index contributed by atoms with van der Waals surface area (Å²) in [6.07, 6.45) is 9.41. The smallest absolute Gasteiger partial charge is 0.407 e. The fraction of sp³-hybridized carbons (Fsp3) is 0.364. The zero-order chi connectivity index (χ0) is 19.8. The van der Waals surface area contributed by atoms with E-state index in [1.165, 1.54) is 0 Å². The molecule has 0 saturated carbocycles. The van der Waals surface area contributed by atoms with E-state index < -0.39 is 6.09 Å². The Morgan fingerprint density at radius 1 is 1.00 bits per heavy atom. The number of aromatic nitrogens is 3. The zero-order valence-corrected chi connectivity index (χ0v) is 16.2. The molecule has 2 saturated heterocycles. The van der Waals surface area contributed by atoms with Crippen molar-refractivity contribution in [2.45, 2.75) is 19.3 Å². The first-order chi connectivity index (χ1) is 14.1. The molecule has 0 aromatic carbocycles. The SMILES string of the molecule is O=C(O)N1CCC2(CCN(c3nc(-c4ccncc4)cc4cnccc34)CC2)C1. The molecule has 7 heteroatoms. The molecule has 0 aliphatic carbocycles. The topological polar surface area (TPSA) is 82.5 Å². The molecule has 0 atom stereocenters. The highest BCUT2D eigenvalue weighted by Crippen LogP contribution is 2.42. The van der Waals surface area contributed by atoms with Crippen LogP contribution in [0.5, 0.6) is 0 Å². The predicted octanol–water partition coefficient (Wildman–Crippen LogP) is 3.66. The highest BCUT2D eigenvalue weighted by atomic mass is 16.4. The second-order valence-corrected chi connectivity index (χ2v) is 8.10. The molecule has 1 N–H and O–H groups in total. The molecule has 5 heterocycles. The fourth-order valence-corrected chi connectivity index (χ4v) is 4.69. The number of piperidine rings is 1. The maximum absolute atomic E-state index is 11.3. The molecule has 2 aliphatic heterocycles. The van der Waals surface area contributed by atoms with Gasteiger partial charge in [-0.2, -0.15) is 0 Å². The van der Waals surface area contributed by atoms with Crippen LogP contribution in [0.25, 0.3) is 22.0 Å². The average Bonchev–Trinajstić information content (AvgIpc) is 3.18. The standard InChI is InChI=1S/C22H23N5O2/c28-21(29)27-12-6-22(15-27)4-10-26(11-5-22)20-18-3-9-24-14-17(18)13-19(25-20)16-1-7-23-8-2-16/h1-3,7-9,13-14H,4-6,10-12,15H2,(H,28,29). The van der Waals surface area contributed by atoms with Crippen molar-refractivity contribution < 1.29 is 9.90 Å². The van der Waals surface area contributed by atoms with Gasteiger partial charge in [-0.05, 0) is 48.9 Å². The minimum absolute atomic E-state index is 0.120. The molecule has 2 fully saturated rings. The van der Waals surface area contributed by atoms with Gasteiger partial charge in [0.15, 0.2) is 0 Å². The molecule has 1 spiro atoms. The quantitative estimate of drug-likeness (QED) is 0.720. The summed E-state index contributed by atoms with van der Waals surface area (Å²) in [5.41, 5.74) is 2.07. The third kappa shape index (κ3) is 3.26. The van der Waals surface area contributed by atoms with Gasteiger partial charge < -0.3 is 14.9 Å². The van der Waals surface area contributed by atoms with Crippen LogP contribution in [0.1, 0.15) is 19.3 Å². The predicted molar refractivity (Wildman–Crippen MR) is 111 cm³/mol. The first-order valence-corrected chi connectivity index (χ1v) is 10.0. The molecule has 7 nitrogen and oxygen atoms in total. The molecular weight excluding hydrogens is 366 g/mol. The Hall–Kier alpha value is -3.22. The summed E-state index contributed by atoms with van der Waals surface area (Å²) in [7, 11) is 0. The monoisotopic (exact) mass is 389 g/mol. The first kappa shape index (κ1) is 17.8. The van der Waals surface area contributed by atoms with Crippen LogP contribution in [0, 0.1) is 5.41 Å². The maximum Gasteiger partial charge on any atom is 0.407 e. The van der Waals surface area contributed by atoms with Gasteiger partial charge in [0.2, 0.25) is 0 Å². The van der Waals surface area contributed by atoms with Crippen LogP contribution in [0.4, 0.5) is 10.6 Å². The lowest BCUT2D eigenvalue weighted by Gasteiger charge is -2.40. The van der Waals surface area contributed by atoms with E-state index in [9.17, 15) is 9.90 Å². The van der Waals surface area contributed by atoms with Gasteiger partial charge in [0.25, 0.3) is 0 Å². The van der Waals surface area contributed by atoms with Crippen LogP contribution in [0.3, 0.4) is 0 Å². The number of anilines is 1. The molecule has 3 aromatic rings. The molecule has 0 unspecified atom stereocenters. The minimum atomic E-state index is -0.797. The summed E-state index contributed by atoms with van der Waals surface area (Å²) in [6, 6.07) is 8.05. The van der Waals surface area contributed by atoms with Crippen molar-refractivity contribution in [2.24, 2.45) is 5.41 Å². The van der Waals surface area contributed by atoms with E-state index in [1.807, 2.05) is 30.6 Å². The molecule has 29 heavy (non-hydrogen) atoms. The van der Waals surface area contributed by atoms with Crippen molar-refractivity contribution in [3.05, 3.63) is 49.1 Å². The van der Waals surface area contributed by atoms with Crippen molar-refractivity contribution in [3.63, 3.8) is 0 Å². The summed E-state index contributed by atoms with van der Waals surface area (Å²) < 4.78 is 0. The van der Waals surface area contributed by atoms with Crippen LogP contribution >= 0.6 is 0 Å². The highest BCUT2D eigenvalue weighted by Gasteiger charge is 2.42. The number of hydrogen-bond donors (Lipinski definition) is 1. The van der Waals surface area contributed by atoms with Gasteiger partial charge >= 0.3 is 6.09 Å². The number of fused-ring (bicyclic) bond motifs is 1. The van der Waals surface area contributed by atoms with Gasteiger partial charge in [-0.1, -0.05) is 0 Å². The van der Waals surface area contributed by atoms with Gasteiger partial charge in [0.1, 0.15) is 5.82 Å². The number of hydrogen-bond acceptors (Lipinski definition) is 5. The van der Waals surface area contributed by atoms with Crippen LogP contribution in [-0.2, 0) is 0 Å². The maximum atomic E-state index is 11.3. The molecular formula is C22H23N5O2. The van der Waals surface area contributed by atoms with E-state index in [4.69, 9.17) is 4.98 Å². The number of amides is 1. The lowest BCUT2D eigenvalue weighted by Crippen LogP contribution is -2.42. The second kappa shape index (κ2) is 6.99. The minimum Gasteiger partial charge on any atom is -0.465 e. The number of carboxylic acid groups (broad SMARTS) is 1. The summed E-state index contributed by atoms with van der Waals surface area (Å²) in [4.78, 5) is 28.7. The van der Waals surface area contributed by atoms with E-state index in [-0.39, 0.29) is 5.41 Å². The molecule has 2 aliphatic rings. The number of nitrogens with zero attached hydrogens (tertiary/aromatic N) is 5. The Morgan fingerprint density at radius 3 is 2.45 bits per heavy atom. The van der Waals surface area contributed by atoms with Crippen LogP contribution in [0.15, 0.2) is 49.1 Å². The van der Waals surface area contributed by atoms with Crippen LogP contribution in [-0.4, -0.2) is 57.2 Å². The Kier molecular flexibility index (Phi) is 4.30. The van der Waals surface area contributed by atoms with Crippen molar-refractivity contribution in [1.82, 2.24) is 19.9 Å². The number of likely N-dealkylation sites (tertiary alicyclic amines) is 1. The van der Waals surface area contributed by atoms with Gasteiger partial charge in [-0.25, -0.2) is 9.78 Å². The van der Waals surface area contributed by atoms with Crippen molar-refractivity contribution >= 4 is 22.7 Å². The Bertz CT molecular complexity index is 1050. The molecule has 0 radical (unpaired) electrons. The normalized spacial score (nSPS) is 18.5. The van der Waals surface area contributed by atoms with Crippen LogP contribution in [0.2, 0.25) is 0 Å². The Labute approximate surface area is 169 Å². The summed E-state index contributed by atoms with van der Waals surface area (Å²) in [5.74, 6) is 0.986. The van der Waals surface area contributed by atoms with Crippen molar-refractivity contribution in [3.8, 4) is 11.3 Å². The fourth-order valence-electron chi connectivity index (χ4n) is 4.69. The summed E-state index contributed by atoms with van der Waals surface area (Å²) in [6.45, 7) is 3.08. The first-order valence-electron chi connectivity index (χ1n) is 10.0. The molecule has 5 rings (SSSR count). The van der Waals surface area contributed by atoms with Gasteiger partial charge in [-0.3, -0.25) is 9.97 Å². The number of carbonyl (C=O) groups is 1. The molecule has 1 amide bonds. The highest BCUT2D eigenvalue weighted by molar-refractivity contribution is 5.94. The van der Waals surface area contributed by atoms with Crippen LogP contribution < -0.4 is 4.90 Å². The zero-order valence-electron chi connectivity index (χ0n) is 16.2. The Morgan fingerprint density at radius 2 is 1.72 bits per heavy atom. The van der Waals surface area contributed by atoms with E-state index in [2.05, 4.69) is 20.9 Å². The van der Waals surface area contributed by atoms with E-state index in [0.717, 1.165) is 60.2 Å². The average molecular weight is 389 g/mol. The number of pyridine rings is 3. The summed E-state index contributed by atoms with van der Waals surface area (Å²) >= 11 is 0. The lowest BCUT2D eigenvalue weighted by atomic mass is 9.77. The van der Waals surface area contributed by atoms with Crippen molar-refractivity contribution in [2.75, 3.05) is 31.1 Å².